The van der Waals surface area contributed by atoms with E-state index in [1.807, 2.05) is 26.0 Å². The SMILES string of the molecule is Cc1ccc(C(C)Nc2cc(Br)ccc2F)c(O)c1. The fourth-order valence-corrected chi connectivity index (χ4v) is 2.30. The maximum atomic E-state index is 13.7. The van der Waals surface area contributed by atoms with E-state index in [-0.39, 0.29) is 17.6 Å². The van der Waals surface area contributed by atoms with Crippen molar-refractivity contribution in [3.63, 3.8) is 0 Å². The van der Waals surface area contributed by atoms with Crippen molar-refractivity contribution in [2.75, 3.05) is 5.32 Å². The van der Waals surface area contributed by atoms with Crippen molar-refractivity contribution in [3.8, 4) is 5.75 Å². The van der Waals surface area contributed by atoms with E-state index in [9.17, 15) is 9.50 Å². The summed E-state index contributed by atoms with van der Waals surface area (Å²) in [5.41, 5.74) is 2.13. The molecule has 0 saturated heterocycles. The first kappa shape index (κ1) is 13.9. The highest BCUT2D eigenvalue weighted by Crippen LogP contribution is 2.29. The van der Waals surface area contributed by atoms with Crippen molar-refractivity contribution in [2.45, 2.75) is 19.9 Å². The van der Waals surface area contributed by atoms with E-state index in [4.69, 9.17) is 0 Å². The molecule has 2 nitrogen and oxygen atoms in total. The van der Waals surface area contributed by atoms with Crippen LogP contribution in [-0.2, 0) is 0 Å². The maximum Gasteiger partial charge on any atom is 0.146 e. The van der Waals surface area contributed by atoms with Gasteiger partial charge in [-0.1, -0.05) is 28.1 Å². The molecule has 0 bridgehead atoms. The molecule has 0 aromatic heterocycles. The number of phenolic OH excluding ortho intramolecular Hbond substituents is 1. The standard InChI is InChI=1S/C15H15BrFNO/c1-9-3-5-12(15(19)7-9)10(2)18-14-8-11(16)4-6-13(14)17/h3-8,10,18-19H,1-2H3. The van der Waals surface area contributed by atoms with Gasteiger partial charge in [0.15, 0.2) is 0 Å². The third-order valence-corrected chi connectivity index (χ3v) is 3.45. The number of nitrogens with one attached hydrogen (secondary N) is 1. The molecule has 0 saturated carbocycles. The fourth-order valence-electron chi connectivity index (χ4n) is 1.94. The van der Waals surface area contributed by atoms with Crippen molar-refractivity contribution in [1.82, 2.24) is 0 Å². The quantitative estimate of drug-likeness (QED) is 0.852. The maximum absolute atomic E-state index is 13.7. The van der Waals surface area contributed by atoms with Gasteiger partial charge >= 0.3 is 0 Å². The van der Waals surface area contributed by atoms with Crippen LogP contribution in [-0.4, -0.2) is 5.11 Å². The van der Waals surface area contributed by atoms with Gasteiger partial charge in [0.05, 0.1) is 11.7 Å². The second kappa shape index (κ2) is 5.61. The lowest BCUT2D eigenvalue weighted by atomic mass is 10.0. The van der Waals surface area contributed by atoms with E-state index in [2.05, 4.69) is 21.2 Å². The molecule has 4 heteroatoms. The molecule has 0 radical (unpaired) electrons. The van der Waals surface area contributed by atoms with Gasteiger partial charge in [-0.15, -0.1) is 0 Å². The van der Waals surface area contributed by atoms with Crippen LogP contribution in [0.15, 0.2) is 40.9 Å². The molecule has 0 amide bonds. The van der Waals surface area contributed by atoms with E-state index in [0.29, 0.717) is 5.69 Å². The van der Waals surface area contributed by atoms with E-state index in [1.54, 1.807) is 18.2 Å². The lowest BCUT2D eigenvalue weighted by Gasteiger charge is -2.18. The molecule has 100 valence electrons. The zero-order valence-electron chi connectivity index (χ0n) is 10.7. The zero-order chi connectivity index (χ0) is 14.0. The highest BCUT2D eigenvalue weighted by molar-refractivity contribution is 9.10. The molecule has 2 aromatic rings. The summed E-state index contributed by atoms with van der Waals surface area (Å²) >= 11 is 3.31. The smallest absolute Gasteiger partial charge is 0.146 e. The van der Waals surface area contributed by atoms with Crippen LogP contribution in [0.1, 0.15) is 24.1 Å². The summed E-state index contributed by atoms with van der Waals surface area (Å²) in [7, 11) is 0. The summed E-state index contributed by atoms with van der Waals surface area (Å²) in [6.45, 7) is 3.79. The van der Waals surface area contributed by atoms with E-state index < -0.39 is 0 Å². The first-order valence-corrected chi connectivity index (χ1v) is 6.78. The third-order valence-electron chi connectivity index (χ3n) is 2.95. The van der Waals surface area contributed by atoms with Crippen LogP contribution in [0.4, 0.5) is 10.1 Å². The number of hydrogen-bond donors (Lipinski definition) is 2. The van der Waals surface area contributed by atoms with Gasteiger partial charge in [-0.05, 0) is 43.7 Å². The minimum Gasteiger partial charge on any atom is -0.508 e. The molecule has 19 heavy (non-hydrogen) atoms. The van der Waals surface area contributed by atoms with E-state index in [0.717, 1.165) is 15.6 Å². The number of phenols is 1. The van der Waals surface area contributed by atoms with Gasteiger partial charge in [-0.25, -0.2) is 4.39 Å². The van der Waals surface area contributed by atoms with E-state index >= 15 is 0 Å². The Morgan fingerprint density at radius 3 is 2.63 bits per heavy atom. The van der Waals surface area contributed by atoms with Gasteiger partial charge in [0, 0.05) is 10.0 Å². The normalized spacial score (nSPS) is 12.2. The Morgan fingerprint density at radius 2 is 1.95 bits per heavy atom. The Bertz CT molecular complexity index is 601. The molecule has 0 aliphatic rings. The van der Waals surface area contributed by atoms with Crippen molar-refractivity contribution >= 4 is 21.6 Å². The zero-order valence-corrected chi connectivity index (χ0v) is 12.3. The summed E-state index contributed by atoms with van der Waals surface area (Å²) in [6, 6.07) is 10.00. The molecule has 0 fully saturated rings. The van der Waals surface area contributed by atoms with Gasteiger partial charge in [0.2, 0.25) is 0 Å². The Kier molecular flexibility index (Phi) is 4.10. The average Bonchev–Trinajstić information content (AvgIpc) is 2.33. The van der Waals surface area contributed by atoms with Gasteiger partial charge in [0.1, 0.15) is 11.6 Å². The number of aryl methyl sites for hydroxylation is 1. The van der Waals surface area contributed by atoms with Crippen molar-refractivity contribution in [2.24, 2.45) is 0 Å². The number of halogens is 2. The molecule has 2 rings (SSSR count). The summed E-state index contributed by atoms with van der Waals surface area (Å²) in [4.78, 5) is 0. The Labute approximate surface area is 120 Å². The van der Waals surface area contributed by atoms with Gasteiger partial charge < -0.3 is 10.4 Å². The first-order chi connectivity index (χ1) is 8.97. The monoisotopic (exact) mass is 323 g/mol. The number of hydrogen-bond acceptors (Lipinski definition) is 2. The molecule has 1 unspecified atom stereocenters. The topological polar surface area (TPSA) is 32.3 Å². The highest BCUT2D eigenvalue weighted by atomic mass is 79.9. The molecular weight excluding hydrogens is 309 g/mol. The van der Waals surface area contributed by atoms with Gasteiger partial charge in [-0.2, -0.15) is 0 Å². The number of benzene rings is 2. The van der Waals surface area contributed by atoms with Gasteiger partial charge in [-0.3, -0.25) is 0 Å². The molecule has 2 N–H and O–H groups in total. The molecule has 0 spiro atoms. The molecular formula is C15H15BrFNO. The number of rotatable bonds is 3. The van der Waals surface area contributed by atoms with Gasteiger partial charge in [0.25, 0.3) is 0 Å². The predicted octanol–water partition coefficient (Wildman–Crippen LogP) is 4.78. The summed E-state index contributed by atoms with van der Waals surface area (Å²) < 4.78 is 14.5. The van der Waals surface area contributed by atoms with Crippen molar-refractivity contribution < 1.29 is 9.50 Å². The second-order valence-corrected chi connectivity index (χ2v) is 5.47. The summed E-state index contributed by atoms with van der Waals surface area (Å²) in [5, 5.41) is 13.0. The van der Waals surface area contributed by atoms with Crippen LogP contribution in [0.2, 0.25) is 0 Å². The largest absolute Gasteiger partial charge is 0.508 e. The lowest BCUT2D eigenvalue weighted by Crippen LogP contribution is -2.08. The molecule has 2 aromatic carbocycles. The Balaban J connectivity index is 2.25. The highest BCUT2D eigenvalue weighted by Gasteiger charge is 2.12. The predicted molar refractivity (Wildman–Crippen MR) is 79.0 cm³/mol. The Morgan fingerprint density at radius 1 is 1.21 bits per heavy atom. The first-order valence-electron chi connectivity index (χ1n) is 5.98. The average molecular weight is 324 g/mol. The molecule has 0 heterocycles. The van der Waals surface area contributed by atoms with Crippen molar-refractivity contribution in [3.05, 3.63) is 57.8 Å². The molecule has 0 aliphatic heterocycles. The minimum atomic E-state index is -0.318. The lowest BCUT2D eigenvalue weighted by molar-refractivity contribution is 0.465. The van der Waals surface area contributed by atoms with Crippen molar-refractivity contribution in [1.29, 1.82) is 0 Å². The number of anilines is 1. The van der Waals surface area contributed by atoms with Crippen LogP contribution < -0.4 is 5.32 Å². The Hall–Kier alpha value is -1.55. The number of aromatic hydroxyl groups is 1. The summed E-state index contributed by atoms with van der Waals surface area (Å²) in [6.07, 6.45) is 0. The summed E-state index contributed by atoms with van der Waals surface area (Å²) in [5.74, 6) is -0.0999. The van der Waals surface area contributed by atoms with Crippen LogP contribution in [0.25, 0.3) is 0 Å². The van der Waals surface area contributed by atoms with Crippen LogP contribution >= 0.6 is 15.9 Å². The second-order valence-electron chi connectivity index (χ2n) is 4.55. The minimum absolute atomic E-state index is 0.190. The van der Waals surface area contributed by atoms with E-state index in [1.165, 1.54) is 6.07 Å². The van der Waals surface area contributed by atoms with Crippen LogP contribution in [0, 0.1) is 12.7 Å². The van der Waals surface area contributed by atoms with Crippen LogP contribution in [0.3, 0.4) is 0 Å². The molecule has 1 atom stereocenters. The molecule has 0 aliphatic carbocycles. The third kappa shape index (κ3) is 3.26. The van der Waals surface area contributed by atoms with Crippen LogP contribution in [0.5, 0.6) is 5.75 Å². The fraction of sp³-hybridized carbons (Fsp3) is 0.200.